The number of carboxylic acids is 1. The van der Waals surface area contributed by atoms with Gasteiger partial charge in [-0.25, -0.2) is 4.79 Å². The van der Waals surface area contributed by atoms with E-state index in [4.69, 9.17) is 10.2 Å². The molecule has 1 unspecified atom stereocenters. The normalized spacial score (nSPS) is 13.2. The Balaban J connectivity index is 2.56. The Morgan fingerprint density at radius 1 is 1.41 bits per heavy atom. The van der Waals surface area contributed by atoms with E-state index in [1.165, 1.54) is 0 Å². The first-order valence-electron chi connectivity index (χ1n) is 4.36. The molecule has 3 N–H and O–H groups in total. The van der Waals surface area contributed by atoms with E-state index < -0.39 is 24.8 Å². The van der Waals surface area contributed by atoms with Gasteiger partial charge >= 0.3 is 12.1 Å². The minimum absolute atomic E-state index is 0.0571. The molecule has 9 heteroatoms. The molecule has 0 aromatic carbocycles. The summed E-state index contributed by atoms with van der Waals surface area (Å²) in [7, 11) is 0. The van der Waals surface area contributed by atoms with Gasteiger partial charge in [0.25, 0.3) is 0 Å². The maximum atomic E-state index is 11.9. The molecule has 94 valence electrons. The van der Waals surface area contributed by atoms with Crippen LogP contribution in [0.3, 0.4) is 0 Å². The number of aromatic carboxylic acids is 1. The summed E-state index contributed by atoms with van der Waals surface area (Å²) in [6.07, 6.45) is -7.25. The number of hydrogen-bond acceptors (Lipinski definition) is 5. The van der Waals surface area contributed by atoms with Gasteiger partial charge in [0.15, 0.2) is 11.8 Å². The summed E-state index contributed by atoms with van der Waals surface area (Å²) >= 11 is 0. The predicted molar refractivity (Wildman–Crippen MR) is 49.5 cm³/mol. The van der Waals surface area contributed by atoms with Crippen LogP contribution < -0.4 is 5.32 Å². The fourth-order valence-corrected chi connectivity index (χ4v) is 0.858. The number of anilines is 1. The van der Waals surface area contributed by atoms with Gasteiger partial charge in [-0.3, -0.25) is 0 Å². The molecule has 0 spiro atoms. The van der Waals surface area contributed by atoms with Crippen molar-refractivity contribution in [3.8, 4) is 0 Å². The molecule has 0 aliphatic rings. The fraction of sp³-hybridized carbons (Fsp3) is 0.375. The standard InChI is InChI=1S/C8H8F3N3O3/c9-8(10,11)5(15)3-12-6-2-1-4(7(16)17)13-14-6/h1-2,5,15H,3H2,(H,12,14)(H,16,17). The first kappa shape index (κ1) is 13.2. The molecule has 1 atom stereocenters. The van der Waals surface area contributed by atoms with Gasteiger partial charge in [0, 0.05) is 0 Å². The van der Waals surface area contributed by atoms with Crippen LogP contribution in [0.5, 0.6) is 0 Å². The van der Waals surface area contributed by atoms with Gasteiger partial charge in [-0.1, -0.05) is 0 Å². The van der Waals surface area contributed by atoms with Crippen molar-refractivity contribution in [1.29, 1.82) is 0 Å². The molecule has 0 saturated carbocycles. The Kier molecular flexibility index (Phi) is 3.84. The molecule has 1 aromatic heterocycles. The van der Waals surface area contributed by atoms with Crippen molar-refractivity contribution in [3.63, 3.8) is 0 Å². The Labute approximate surface area is 93.1 Å². The zero-order valence-corrected chi connectivity index (χ0v) is 8.27. The highest BCUT2D eigenvalue weighted by Gasteiger charge is 2.37. The van der Waals surface area contributed by atoms with Crippen molar-refractivity contribution in [3.05, 3.63) is 17.8 Å². The number of rotatable bonds is 4. The van der Waals surface area contributed by atoms with Crippen LogP contribution in [0.15, 0.2) is 12.1 Å². The van der Waals surface area contributed by atoms with Crippen LogP contribution in [-0.4, -0.2) is 45.2 Å². The van der Waals surface area contributed by atoms with Crippen LogP contribution in [-0.2, 0) is 0 Å². The van der Waals surface area contributed by atoms with Gasteiger partial charge in [-0.2, -0.15) is 13.2 Å². The summed E-state index contributed by atoms with van der Waals surface area (Å²) in [4.78, 5) is 10.4. The molecule has 0 amide bonds. The van der Waals surface area contributed by atoms with E-state index in [1.807, 2.05) is 0 Å². The van der Waals surface area contributed by atoms with Crippen molar-refractivity contribution >= 4 is 11.8 Å². The Bertz CT molecular complexity index is 393. The van der Waals surface area contributed by atoms with E-state index in [1.54, 1.807) is 0 Å². The topological polar surface area (TPSA) is 95.3 Å². The molecule has 17 heavy (non-hydrogen) atoms. The maximum Gasteiger partial charge on any atom is 0.416 e. The maximum absolute atomic E-state index is 11.9. The van der Waals surface area contributed by atoms with E-state index in [0.717, 1.165) is 12.1 Å². The second kappa shape index (κ2) is 4.95. The van der Waals surface area contributed by atoms with Crippen molar-refractivity contribution in [2.45, 2.75) is 12.3 Å². The van der Waals surface area contributed by atoms with E-state index >= 15 is 0 Å². The lowest BCUT2D eigenvalue weighted by atomic mass is 10.3. The number of halogens is 3. The molecule has 1 aromatic rings. The second-order valence-electron chi connectivity index (χ2n) is 3.05. The lowest BCUT2D eigenvalue weighted by Crippen LogP contribution is -2.35. The molecule has 0 bridgehead atoms. The van der Waals surface area contributed by atoms with Gasteiger partial charge in [0.05, 0.1) is 6.54 Å². The first-order chi connectivity index (χ1) is 7.80. The third-order valence-electron chi connectivity index (χ3n) is 1.74. The Morgan fingerprint density at radius 3 is 2.47 bits per heavy atom. The van der Waals surface area contributed by atoms with Crippen molar-refractivity contribution in [2.75, 3.05) is 11.9 Å². The number of nitrogens with one attached hydrogen (secondary N) is 1. The molecule has 0 aliphatic heterocycles. The average molecular weight is 251 g/mol. The van der Waals surface area contributed by atoms with Crippen LogP contribution in [0.4, 0.5) is 19.0 Å². The third kappa shape index (κ3) is 3.87. The number of hydrogen-bond donors (Lipinski definition) is 3. The first-order valence-corrected chi connectivity index (χ1v) is 4.36. The van der Waals surface area contributed by atoms with Gasteiger partial charge in [0.1, 0.15) is 5.82 Å². The summed E-state index contributed by atoms with van der Waals surface area (Å²) in [5.74, 6) is -1.35. The van der Waals surface area contributed by atoms with Crippen LogP contribution in [0.25, 0.3) is 0 Å². The molecular formula is C8H8F3N3O3. The third-order valence-corrected chi connectivity index (χ3v) is 1.74. The van der Waals surface area contributed by atoms with Gasteiger partial charge in [-0.15, -0.1) is 10.2 Å². The molecule has 1 heterocycles. The van der Waals surface area contributed by atoms with E-state index in [-0.39, 0.29) is 11.5 Å². The number of aromatic nitrogens is 2. The number of carboxylic acid groups (broad SMARTS) is 1. The monoisotopic (exact) mass is 251 g/mol. The highest BCUT2D eigenvalue weighted by Crippen LogP contribution is 2.20. The number of aliphatic hydroxyl groups is 1. The molecular weight excluding hydrogens is 243 g/mol. The molecule has 0 fully saturated rings. The van der Waals surface area contributed by atoms with E-state index in [0.29, 0.717) is 0 Å². The quantitative estimate of drug-likeness (QED) is 0.721. The molecule has 1 rings (SSSR count). The average Bonchev–Trinajstić information content (AvgIpc) is 2.25. The number of alkyl halides is 3. The molecule has 0 radical (unpaired) electrons. The van der Waals surface area contributed by atoms with Gasteiger partial charge in [-0.05, 0) is 12.1 Å². The molecule has 6 nitrogen and oxygen atoms in total. The lowest BCUT2D eigenvalue weighted by Gasteiger charge is -2.14. The predicted octanol–water partition coefficient (Wildman–Crippen LogP) is 0.510. The van der Waals surface area contributed by atoms with Crippen LogP contribution in [0.1, 0.15) is 10.5 Å². The van der Waals surface area contributed by atoms with Crippen LogP contribution >= 0.6 is 0 Å². The van der Waals surface area contributed by atoms with Crippen molar-refractivity contribution in [2.24, 2.45) is 0 Å². The summed E-state index contributed by atoms with van der Waals surface area (Å²) < 4.78 is 35.8. The van der Waals surface area contributed by atoms with Crippen LogP contribution in [0.2, 0.25) is 0 Å². The lowest BCUT2D eigenvalue weighted by molar-refractivity contribution is -0.198. The minimum atomic E-state index is -4.72. The minimum Gasteiger partial charge on any atom is -0.476 e. The molecule has 0 saturated heterocycles. The number of aliphatic hydroxyl groups excluding tert-OH is 1. The molecule has 0 aliphatic carbocycles. The van der Waals surface area contributed by atoms with Gasteiger partial charge in [0.2, 0.25) is 0 Å². The second-order valence-corrected chi connectivity index (χ2v) is 3.05. The number of carbonyl (C=O) groups is 1. The Morgan fingerprint density at radius 2 is 2.06 bits per heavy atom. The SMILES string of the molecule is O=C(O)c1ccc(NCC(O)C(F)(F)F)nn1. The van der Waals surface area contributed by atoms with Crippen molar-refractivity contribution in [1.82, 2.24) is 10.2 Å². The largest absolute Gasteiger partial charge is 0.476 e. The zero-order valence-electron chi connectivity index (χ0n) is 8.27. The Hall–Kier alpha value is -1.90. The highest BCUT2D eigenvalue weighted by molar-refractivity contribution is 5.85. The smallest absolute Gasteiger partial charge is 0.416 e. The summed E-state index contributed by atoms with van der Waals surface area (Å²) in [6, 6.07) is 2.23. The van der Waals surface area contributed by atoms with E-state index in [9.17, 15) is 18.0 Å². The number of nitrogens with zero attached hydrogens (tertiary/aromatic N) is 2. The van der Waals surface area contributed by atoms with Gasteiger partial charge < -0.3 is 15.5 Å². The summed E-state index contributed by atoms with van der Waals surface area (Å²) in [6.45, 7) is -0.787. The zero-order chi connectivity index (χ0) is 13.1. The summed E-state index contributed by atoms with van der Waals surface area (Å²) in [5, 5.41) is 25.9. The van der Waals surface area contributed by atoms with Crippen molar-refractivity contribution < 1.29 is 28.2 Å². The highest BCUT2D eigenvalue weighted by atomic mass is 19.4. The van der Waals surface area contributed by atoms with Crippen LogP contribution in [0, 0.1) is 0 Å². The van der Waals surface area contributed by atoms with E-state index in [2.05, 4.69) is 15.5 Å². The fourth-order valence-electron chi connectivity index (χ4n) is 0.858. The summed E-state index contributed by atoms with van der Waals surface area (Å²) in [5.41, 5.74) is -0.327.